The van der Waals surface area contributed by atoms with Crippen molar-refractivity contribution >= 4 is 28.9 Å². The number of hydrogen-bond acceptors (Lipinski definition) is 3. The van der Waals surface area contributed by atoms with E-state index in [0.717, 1.165) is 11.3 Å². The lowest BCUT2D eigenvalue weighted by atomic mass is 10.0. The third-order valence-corrected chi connectivity index (χ3v) is 3.10. The average Bonchev–Trinajstić information content (AvgIpc) is 2.76. The molecule has 0 bridgehead atoms. The Bertz CT molecular complexity index is 750. The van der Waals surface area contributed by atoms with Crippen molar-refractivity contribution in [2.75, 3.05) is 5.32 Å². The third-order valence-electron chi connectivity index (χ3n) is 3.10. The first-order chi connectivity index (χ1) is 9.65. The van der Waals surface area contributed by atoms with Crippen LogP contribution < -0.4 is 5.32 Å². The number of nitrogens with one attached hydrogen (secondary N) is 1. The number of anilines is 1. The molecular formula is C15H10N2O3. The second-order valence-corrected chi connectivity index (χ2v) is 4.41. The Morgan fingerprint density at radius 3 is 2.70 bits per heavy atom. The van der Waals surface area contributed by atoms with Crippen molar-refractivity contribution in [2.45, 2.75) is 0 Å². The Morgan fingerprint density at radius 1 is 1.10 bits per heavy atom. The molecule has 0 saturated carbocycles. The number of benzene rings is 2. The molecule has 1 N–H and O–H groups in total. The van der Waals surface area contributed by atoms with E-state index in [-0.39, 0.29) is 11.6 Å². The van der Waals surface area contributed by atoms with Crippen LogP contribution in [0.2, 0.25) is 0 Å². The molecule has 3 rings (SSSR count). The number of amides is 1. The molecule has 1 aliphatic rings. The molecule has 5 nitrogen and oxygen atoms in total. The van der Waals surface area contributed by atoms with Gasteiger partial charge in [-0.15, -0.1) is 0 Å². The molecule has 0 radical (unpaired) electrons. The summed E-state index contributed by atoms with van der Waals surface area (Å²) in [6.07, 6.45) is 1.66. The van der Waals surface area contributed by atoms with Crippen LogP contribution in [0.1, 0.15) is 11.1 Å². The van der Waals surface area contributed by atoms with Gasteiger partial charge in [-0.2, -0.15) is 0 Å². The first-order valence-electron chi connectivity index (χ1n) is 6.02. The second-order valence-electron chi connectivity index (χ2n) is 4.41. The maximum atomic E-state index is 11.9. The largest absolute Gasteiger partial charge is 0.321 e. The number of nitro benzene ring substituents is 1. The summed E-state index contributed by atoms with van der Waals surface area (Å²) in [5.74, 6) is -0.197. The predicted molar refractivity (Wildman–Crippen MR) is 76.0 cm³/mol. The van der Waals surface area contributed by atoms with E-state index in [1.54, 1.807) is 18.2 Å². The summed E-state index contributed by atoms with van der Waals surface area (Å²) in [6.45, 7) is 0. The predicted octanol–water partition coefficient (Wildman–Crippen LogP) is 3.09. The Balaban J connectivity index is 2.07. The van der Waals surface area contributed by atoms with Gasteiger partial charge in [0.25, 0.3) is 11.6 Å². The Hall–Kier alpha value is -2.95. The second kappa shape index (κ2) is 4.62. The highest BCUT2D eigenvalue weighted by Crippen LogP contribution is 2.32. The minimum atomic E-state index is -0.454. The number of nitro groups is 1. The van der Waals surface area contributed by atoms with Crippen molar-refractivity contribution in [1.82, 2.24) is 0 Å². The molecule has 0 unspecified atom stereocenters. The fraction of sp³-hybridized carbons (Fsp3) is 0. The maximum Gasteiger partial charge on any atom is 0.270 e. The van der Waals surface area contributed by atoms with Gasteiger partial charge >= 0.3 is 0 Å². The zero-order valence-corrected chi connectivity index (χ0v) is 10.4. The van der Waals surface area contributed by atoms with Crippen molar-refractivity contribution in [3.63, 3.8) is 0 Å². The van der Waals surface area contributed by atoms with E-state index in [1.807, 2.05) is 24.3 Å². The molecule has 2 aromatic rings. The van der Waals surface area contributed by atoms with Crippen LogP contribution in [-0.4, -0.2) is 10.8 Å². The summed E-state index contributed by atoms with van der Waals surface area (Å²) in [5, 5.41) is 13.5. The van der Waals surface area contributed by atoms with Crippen LogP contribution in [0.4, 0.5) is 11.4 Å². The lowest BCUT2D eigenvalue weighted by Crippen LogP contribution is -2.03. The summed E-state index contributed by atoms with van der Waals surface area (Å²) >= 11 is 0. The highest BCUT2D eigenvalue weighted by molar-refractivity contribution is 6.34. The normalized spacial score (nSPS) is 15.0. The minimum absolute atomic E-state index is 0.00559. The highest BCUT2D eigenvalue weighted by atomic mass is 16.6. The van der Waals surface area contributed by atoms with E-state index < -0.39 is 4.92 Å². The van der Waals surface area contributed by atoms with Crippen LogP contribution in [0.25, 0.3) is 11.6 Å². The number of fused-ring (bicyclic) bond motifs is 1. The van der Waals surface area contributed by atoms with Crippen molar-refractivity contribution in [1.29, 1.82) is 0 Å². The standard InChI is InChI=1S/C15H10N2O3/c18-15-13(12-6-1-2-7-14(12)16-15)9-10-4-3-5-11(8-10)17(19)20/h1-9H,(H,16,18)/b13-9+. The van der Waals surface area contributed by atoms with Crippen LogP contribution in [0.3, 0.4) is 0 Å². The smallest absolute Gasteiger partial charge is 0.270 e. The number of non-ortho nitro benzene ring substituents is 1. The molecule has 0 spiro atoms. The summed E-state index contributed by atoms with van der Waals surface area (Å²) in [5.41, 5.74) is 2.71. The molecule has 1 amide bonds. The van der Waals surface area contributed by atoms with Crippen LogP contribution in [0, 0.1) is 10.1 Å². The number of nitrogens with zero attached hydrogens (tertiary/aromatic N) is 1. The van der Waals surface area contributed by atoms with Crippen molar-refractivity contribution < 1.29 is 9.72 Å². The molecule has 0 aromatic heterocycles. The van der Waals surface area contributed by atoms with E-state index in [4.69, 9.17) is 0 Å². The zero-order valence-electron chi connectivity index (χ0n) is 10.4. The lowest BCUT2D eigenvalue weighted by molar-refractivity contribution is -0.384. The van der Waals surface area contributed by atoms with Crippen molar-refractivity contribution in [3.8, 4) is 0 Å². The Kier molecular flexibility index (Phi) is 2.80. The first kappa shape index (κ1) is 12.1. The van der Waals surface area contributed by atoms with Gasteiger partial charge in [0.15, 0.2) is 0 Å². The fourth-order valence-corrected chi connectivity index (χ4v) is 2.18. The van der Waals surface area contributed by atoms with E-state index >= 15 is 0 Å². The first-order valence-corrected chi connectivity index (χ1v) is 6.02. The molecule has 0 atom stereocenters. The van der Waals surface area contributed by atoms with Gasteiger partial charge in [-0.3, -0.25) is 14.9 Å². The highest BCUT2D eigenvalue weighted by Gasteiger charge is 2.23. The average molecular weight is 266 g/mol. The summed E-state index contributed by atoms with van der Waals surface area (Å²) < 4.78 is 0. The van der Waals surface area contributed by atoms with Crippen LogP contribution in [-0.2, 0) is 4.79 Å². The minimum Gasteiger partial charge on any atom is -0.321 e. The van der Waals surface area contributed by atoms with E-state index in [9.17, 15) is 14.9 Å². The number of para-hydroxylation sites is 1. The number of rotatable bonds is 2. The fourth-order valence-electron chi connectivity index (χ4n) is 2.18. The van der Waals surface area contributed by atoms with Gasteiger partial charge in [-0.1, -0.05) is 30.3 Å². The van der Waals surface area contributed by atoms with Gasteiger partial charge in [0.1, 0.15) is 0 Å². The topological polar surface area (TPSA) is 72.2 Å². The molecule has 2 aromatic carbocycles. The molecule has 20 heavy (non-hydrogen) atoms. The monoisotopic (exact) mass is 266 g/mol. The van der Waals surface area contributed by atoms with Gasteiger partial charge in [-0.25, -0.2) is 0 Å². The van der Waals surface area contributed by atoms with Crippen molar-refractivity contribution in [2.24, 2.45) is 0 Å². The Morgan fingerprint density at radius 2 is 1.90 bits per heavy atom. The lowest BCUT2D eigenvalue weighted by Gasteiger charge is -1.98. The summed E-state index contributed by atoms with van der Waals surface area (Å²) in [4.78, 5) is 22.2. The summed E-state index contributed by atoms with van der Waals surface area (Å²) in [7, 11) is 0. The number of carbonyl (C=O) groups is 1. The van der Waals surface area contributed by atoms with Crippen molar-refractivity contribution in [3.05, 3.63) is 69.8 Å². The molecule has 98 valence electrons. The molecule has 1 heterocycles. The number of carbonyl (C=O) groups excluding carboxylic acids is 1. The molecule has 0 saturated heterocycles. The van der Waals surface area contributed by atoms with Crippen LogP contribution >= 0.6 is 0 Å². The van der Waals surface area contributed by atoms with Crippen LogP contribution in [0.5, 0.6) is 0 Å². The van der Waals surface area contributed by atoms with Gasteiger partial charge in [0.2, 0.25) is 0 Å². The molecule has 5 heteroatoms. The van der Waals surface area contributed by atoms with Gasteiger partial charge in [0, 0.05) is 29.0 Å². The summed E-state index contributed by atoms with van der Waals surface area (Å²) in [6, 6.07) is 13.6. The maximum absolute atomic E-state index is 11.9. The van der Waals surface area contributed by atoms with Crippen LogP contribution in [0.15, 0.2) is 48.5 Å². The van der Waals surface area contributed by atoms with Gasteiger partial charge in [-0.05, 0) is 17.7 Å². The quantitative estimate of drug-likeness (QED) is 0.515. The third kappa shape index (κ3) is 2.05. The molecule has 0 fully saturated rings. The molecule has 0 aliphatic carbocycles. The van der Waals surface area contributed by atoms with Gasteiger partial charge < -0.3 is 5.32 Å². The van der Waals surface area contributed by atoms with E-state index in [2.05, 4.69) is 5.32 Å². The molecule has 1 aliphatic heterocycles. The number of hydrogen-bond donors (Lipinski definition) is 1. The SMILES string of the molecule is O=C1Nc2ccccc2/C1=C\c1cccc([N+](=O)[O-])c1. The zero-order chi connectivity index (χ0) is 14.1. The van der Waals surface area contributed by atoms with E-state index in [1.165, 1.54) is 12.1 Å². The van der Waals surface area contributed by atoms with Gasteiger partial charge in [0.05, 0.1) is 4.92 Å². The Labute approximate surface area is 114 Å². The molecular weight excluding hydrogens is 256 g/mol. The van der Waals surface area contributed by atoms with E-state index in [0.29, 0.717) is 11.1 Å².